The highest BCUT2D eigenvalue weighted by Crippen LogP contribution is 2.36. The summed E-state index contributed by atoms with van der Waals surface area (Å²) in [7, 11) is 0. The molecule has 0 aliphatic rings. The van der Waals surface area contributed by atoms with Crippen LogP contribution in [-0.4, -0.2) is 16.3 Å². The number of benzene rings is 1. The standard InChI is InChI=1S/C12H11F4N3O/c1-6-3-4-7(5-8(6)13)9-18-10(20-19-9)11(2,17)12(14,15)16/h3-5H,17H2,1-2H3. The van der Waals surface area contributed by atoms with Crippen LogP contribution in [0.2, 0.25) is 0 Å². The zero-order valence-electron chi connectivity index (χ0n) is 10.6. The fraction of sp³-hybridized carbons (Fsp3) is 0.333. The summed E-state index contributed by atoms with van der Waals surface area (Å²) in [5, 5.41) is 3.40. The molecule has 108 valence electrons. The van der Waals surface area contributed by atoms with E-state index >= 15 is 0 Å². The minimum absolute atomic E-state index is 0.153. The number of nitrogens with two attached hydrogens (primary N) is 1. The van der Waals surface area contributed by atoms with Crippen molar-refractivity contribution in [2.75, 3.05) is 0 Å². The molecular formula is C12H11F4N3O. The van der Waals surface area contributed by atoms with Crippen molar-refractivity contribution in [3.8, 4) is 11.4 Å². The van der Waals surface area contributed by atoms with Crippen molar-refractivity contribution in [2.45, 2.75) is 25.6 Å². The van der Waals surface area contributed by atoms with E-state index in [1.165, 1.54) is 12.1 Å². The van der Waals surface area contributed by atoms with Gasteiger partial charge >= 0.3 is 6.18 Å². The topological polar surface area (TPSA) is 64.9 Å². The number of halogens is 4. The highest BCUT2D eigenvalue weighted by molar-refractivity contribution is 5.55. The van der Waals surface area contributed by atoms with Gasteiger partial charge in [0.15, 0.2) is 5.54 Å². The zero-order chi connectivity index (χ0) is 15.1. The number of aromatic nitrogens is 2. The van der Waals surface area contributed by atoms with Crippen LogP contribution in [0.5, 0.6) is 0 Å². The van der Waals surface area contributed by atoms with Crippen LogP contribution in [-0.2, 0) is 5.54 Å². The van der Waals surface area contributed by atoms with E-state index in [9.17, 15) is 17.6 Å². The Hall–Kier alpha value is -1.96. The number of alkyl halides is 3. The Morgan fingerprint density at radius 1 is 1.25 bits per heavy atom. The third-order valence-electron chi connectivity index (χ3n) is 2.89. The third kappa shape index (κ3) is 2.38. The maximum absolute atomic E-state index is 13.4. The predicted molar refractivity (Wildman–Crippen MR) is 62.0 cm³/mol. The average Bonchev–Trinajstić information content (AvgIpc) is 2.81. The van der Waals surface area contributed by atoms with Crippen LogP contribution in [0.3, 0.4) is 0 Å². The molecule has 2 N–H and O–H groups in total. The van der Waals surface area contributed by atoms with Gasteiger partial charge in [0.2, 0.25) is 5.82 Å². The highest BCUT2D eigenvalue weighted by atomic mass is 19.4. The van der Waals surface area contributed by atoms with Crippen LogP contribution in [0.4, 0.5) is 17.6 Å². The van der Waals surface area contributed by atoms with Gasteiger partial charge in [-0.05, 0) is 25.5 Å². The van der Waals surface area contributed by atoms with Crippen molar-refractivity contribution in [1.82, 2.24) is 10.1 Å². The molecule has 1 atom stereocenters. The normalized spacial score (nSPS) is 15.2. The second-order valence-corrected chi connectivity index (χ2v) is 4.59. The number of hydrogen-bond donors (Lipinski definition) is 1. The van der Waals surface area contributed by atoms with Gasteiger partial charge in [0.1, 0.15) is 5.82 Å². The number of rotatable bonds is 2. The molecule has 0 saturated carbocycles. The summed E-state index contributed by atoms with van der Waals surface area (Å²) >= 11 is 0. The van der Waals surface area contributed by atoms with E-state index in [4.69, 9.17) is 5.73 Å². The van der Waals surface area contributed by atoms with Gasteiger partial charge in [0.25, 0.3) is 5.89 Å². The van der Waals surface area contributed by atoms with E-state index in [2.05, 4.69) is 14.7 Å². The van der Waals surface area contributed by atoms with Crippen molar-refractivity contribution >= 4 is 0 Å². The first-order valence-electron chi connectivity index (χ1n) is 5.59. The fourth-order valence-electron chi connectivity index (χ4n) is 1.40. The minimum Gasteiger partial charge on any atom is -0.337 e. The molecule has 0 saturated heterocycles. The lowest BCUT2D eigenvalue weighted by Gasteiger charge is -2.22. The van der Waals surface area contributed by atoms with Crippen molar-refractivity contribution in [1.29, 1.82) is 0 Å². The van der Waals surface area contributed by atoms with E-state index in [1.807, 2.05) is 0 Å². The summed E-state index contributed by atoms with van der Waals surface area (Å²) in [6.45, 7) is 2.28. The van der Waals surface area contributed by atoms with Crippen LogP contribution in [0, 0.1) is 12.7 Å². The average molecular weight is 289 g/mol. The van der Waals surface area contributed by atoms with Gasteiger partial charge in [-0.25, -0.2) is 4.39 Å². The molecule has 0 bridgehead atoms. The second-order valence-electron chi connectivity index (χ2n) is 4.59. The molecule has 1 unspecified atom stereocenters. The first kappa shape index (κ1) is 14.4. The van der Waals surface area contributed by atoms with Crippen LogP contribution >= 0.6 is 0 Å². The van der Waals surface area contributed by atoms with Crippen LogP contribution in [0.1, 0.15) is 18.4 Å². The highest BCUT2D eigenvalue weighted by Gasteiger charge is 2.53. The molecule has 0 aliphatic heterocycles. The zero-order valence-corrected chi connectivity index (χ0v) is 10.6. The van der Waals surface area contributed by atoms with Crippen LogP contribution < -0.4 is 5.73 Å². The Labute approximate surface area is 111 Å². The minimum atomic E-state index is -4.74. The van der Waals surface area contributed by atoms with Gasteiger partial charge in [-0.2, -0.15) is 18.2 Å². The monoisotopic (exact) mass is 289 g/mol. The third-order valence-corrected chi connectivity index (χ3v) is 2.89. The molecule has 2 rings (SSSR count). The summed E-state index contributed by atoms with van der Waals surface area (Å²) in [4.78, 5) is 3.60. The van der Waals surface area contributed by atoms with Crippen LogP contribution in [0.15, 0.2) is 22.7 Å². The smallest absolute Gasteiger partial charge is 0.337 e. The van der Waals surface area contributed by atoms with Gasteiger partial charge in [-0.3, -0.25) is 0 Å². The summed E-state index contributed by atoms with van der Waals surface area (Å²) in [5.41, 5.74) is 3.01. The van der Waals surface area contributed by atoms with Gasteiger partial charge in [-0.1, -0.05) is 17.3 Å². The fourth-order valence-corrected chi connectivity index (χ4v) is 1.40. The van der Waals surface area contributed by atoms with Crippen LogP contribution in [0.25, 0.3) is 11.4 Å². The molecule has 0 spiro atoms. The van der Waals surface area contributed by atoms with Crippen molar-refractivity contribution in [3.05, 3.63) is 35.5 Å². The Kier molecular flexibility index (Phi) is 3.29. The Morgan fingerprint density at radius 2 is 1.90 bits per heavy atom. The number of hydrogen-bond acceptors (Lipinski definition) is 4. The van der Waals surface area contributed by atoms with Gasteiger partial charge in [-0.15, -0.1) is 0 Å². The summed E-state index contributed by atoms with van der Waals surface area (Å²) < 4.78 is 56.2. The molecule has 1 aromatic carbocycles. The number of nitrogens with zero attached hydrogens (tertiary/aromatic N) is 2. The summed E-state index contributed by atoms with van der Waals surface area (Å²) in [5.74, 6) is -1.44. The van der Waals surface area contributed by atoms with Gasteiger partial charge in [0.05, 0.1) is 0 Å². The van der Waals surface area contributed by atoms with Gasteiger partial charge < -0.3 is 10.3 Å². The molecule has 20 heavy (non-hydrogen) atoms. The van der Waals surface area contributed by atoms with E-state index in [-0.39, 0.29) is 11.4 Å². The molecule has 0 radical (unpaired) electrons. The molecule has 2 aromatic rings. The molecule has 4 nitrogen and oxygen atoms in total. The van der Waals surface area contributed by atoms with Crippen molar-refractivity contribution < 1.29 is 22.1 Å². The van der Waals surface area contributed by atoms with Crippen molar-refractivity contribution in [2.24, 2.45) is 5.73 Å². The quantitative estimate of drug-likeness (QED) is 0.863. The van der Waals surface area contributed by atoms with E-state index in [0.717, 1.165) is 13.0 Å². The lowest BCUT2D eigenvalue weighted by atomic mass is 10.0. The first-order chi connectivity index (χ1) is 9.13. The Bertz CT molecular complexity index is 634. The maximum Gasteiger partial charge on any atom is 0.415 e. The first-order valence-corrected chi connectivity index (χ1v) is 5.59. The molecule has 1 heterocycles. The lowest BCUT2D eigenvalue weighted by molar-refractivity contribution is -0.190. The Balaban J connectivity index is 2.41. The predicted octanol–water partition coefficient (Wildman–Crippen LogP) is 2.92. The van der Waals surface area contributed by atoms with Gasteiger partial charge in [0, 0.05) is 5.56 Å². The second kappa shape index (κ2) is 4.55. The van der Waals surface area contributed by atoms with E-state index < -0.39 is 23.4 Å². The van der Waals surface area contributed by atoms with E-state index in [1.54, 1.807) is 6.92 Å². The maximum atomic E-state index is 13.4. The molecule has 0 aliphatic carbocycles. The molecule has 0 fully saturated rings. The molecule has 8 heteroatoms. The SMILES string of the molecule is Cc1ccc(-c2noc(C(C)(N)C(F)(F)F)n2)cc1F. The van der Waals surface area contributed by atoms with E-state index in [0.29, 0.717) is 5.56 Å². The number of aryl methyl sites for hydroxylation is 1. The lowest BCUT2D eigenvalue weighted by Crippen LogP contribution is -2.47. The van der Waals surface area contributed by atoms with Crippen molar-refractivity contribution in [3.63, 3.8) is 0 Å². The summed E-state index contributed by atoms with van der Waals surface area (Å²) in [6, 6.07) is 4.06. The Morgan fingerprint density at radius 3 is 2.45 bits per heavy atom. The molecule has 1 aromatic heterocycles. The molecule has 0 amide bonds. The molecular weight excluding hydrogens is 278 g/mol. The summed E-state index contributed by atoms with van der Waals surface area (Å²) in [6.07, 6.45) is -4.74. The largest absolute Gasteiger partial charge is 0.415 e.